The Hall–Kier alpha value is -3.41. The van der Waals surface area contributed by atoms with Gasteiger partial charge >= 0.3 is 0 Å². The van der Waals surface area contributed by atoms with Crippen LogP contribution in [0.1, 0.15) is 41.9 Å². The van der Waals surface area contributed by atoms with E-state index < -0.39 is 23.5 Å². The highest BCUT2D eigenvalue weighted by Crippen LogP contribution is 2.39. The van der Waals surface area contributed by atoms with Crippen molar-refractivity contribution in [2.24, 2.45) is 0 Å². The quantitative estimate of drug-likeness (QED) is 0.652. The number of benzene rings is 1. The number of ketones is 1. The summed E-state index contributed by atoms with van der Waals surface area (Å²) in [6, 6.07) is 11.8. The summed E-state index contributed by atoms with van der Waals surface area (Å²) >= 11 is 0. The minimum Gasteiger partial charge on any atom is -0.503 e. The Kier molecular flexibility index (Phi) is 4.69. The van der Waals surface area contributed by atoms with Gasteiger partial charge in [-0.25, -0.2) is 0 Å². The number of unbranched alkanes of at least 4 members (excludes halogenated alkanes) is 1. The van der Waals surface area contributed by atoms with Gasteiger partial charge in [0, 0.05) is 24.3 Å². The highest BCUT2D eigenvalue weighted by molar-refractivity contribution is 6.15. The van der Waals surface area contributed by atoms with E-state index in [1.807, 2.05) is 25.1 Å². The number of amides is 1. The van der Waals surface area contributed by atoms with E-state index in [0.29, 0.717) is 17.7 Å². The molecule has 0 fully saturated rings. The van der Waals surface area contributed by atoms with Gasteiger partial charge in [-0.2, -0.15) is 0 Å². The molecule has 1 N–H and O–H groups in total. The Morgan fingerprint density at radius 1 is 1.25 bits per heavy atom. The number of aromatic nitrogens is 1. The van der Waals surface area contributed by atoms with E-state index in [-0.39, 0.29) is 11.3 Å². The van der Waals surface area contributed by atoms with Gasteiger partial charge in [-0.3, -0.25) is 14.6 Å². The Morgan fingerprint density at radius 3 is 2.79 bits per heavy atom. The SMILES string of the molecule is CCCCN1C(=O)C(O)=C(C(=O)c2cc3ccccc3o2)C1c1cccnc1. The summed E-state index contributed by atoms with van der Waals surface area (Å²) in [5.41, 5.74) is 1.29. The number of hydrogen-bond donors (Lipinski definition) is 1. The van der Waals surface area contributed by atoms with Crippen molar-refractivity contribution in [3.8, 4) is 0 Å². The molecule has 0 spiro atoms. The topological polar surface area (TPSA) is 83.6 Å². The number of furan rings is 1. The first kappa shape index (κ1) is 18.0. The highest BCUT2D eigenvalue weighted by Gasteiger charge is 2.44. The van der Waals surface area contributed by atoms with Crippen LogP contribution in [0, 0.1) is 0 Å². The molecule has 0 saturated heterocycles. The molecule has 1 amide bonds. The van der Waals surface area contributed by atoms with E-state index >= 15 is 0 Å². The van der Waals surface area contributed by atoms with Gasteiger partial charge in [0.2, 0.25) is 5.78 Å². The number of nitrogens with zero attached hydrogens (tertiary/aromatic N) is 2. The van der Waals surface area contributed by atoms with Crippen molar-refractivity contribution < 1.29 is 19.1 Å². The Balaban J connectivity index is 1.79. The van der Waals surface area contributed by atoms with Gasteiger partial charge in [0.1, 0.15) is 5.58 Å². The molecule has 0 radical (unpaired) electrons. The molecule has 3 heterocycles. The van der Waals surface area contributed by atoms with E-state index in [2.05, 4.69) is 4.98 Å². The van der Waals surface area contributed by atoms with Crippen molar-refractivity contribution in [3.63, 3.8) is 0 Å². The van der Waals surface area contributed by atoms with Crippen LogP contribution < -0.4 is 0 Å². The van der Waals surface area contributed by atoms with Crippen LogP contribution in [-0.4, -0.2) is 33.2 Å². The largest absolute Gasteiger partial charge is 0.503 e. The molecule has 1 unspecified atom stereocenters. The second-order valence-corrected chi connectivity index (χ2v) is 6.78. The van der Waals surface area contributed by atoms with Crippen LogP contribution >= 0.6 is 0 Å². The zero-order valence-corrected chi connectivity index (χ0v) is 15.5. The molecule has 6 heteroatoms. The smallest absolute Gasteiger partial charge is 0.290 e. The maximum atomic E-state index is 13.3. The first-order valence-electron chi connectivity index (χ1n) is 9.29. The fourth-order valence-electron chi connectivity index (χ4n) is 3.56. The average molecular weight is 376 g/mol. The molecule has 2 aromatic heterocycles. The Bertz CT molecular complexity index is 1040. The van der Waals surface area contributed by atoms with E-state index in [4.69, 9.17) is 4.42 Å². The molecule has 1 aliphatic rings. The number of fused-ring (bicyclic) bond motifs is 1. The molecule has 1 aliphatic heterocycles. The molecule has 1 atom stereocenters. The van der Waals surface area contributed by atoms with Gasteiger partial charge < -0.3 is 14.4 Å². The van der Waals surface area contributed by atoms with Crippen LogP contribution in [0.4, 0.5) is 0 Å². The number of carbonyl (C=O) groups excluding carboxylic acids is 2. The van der Waals surface area contributed by atoms with Gasteiger partial charge in [-0.05, 0) is 30.2 Å². The zero-order valence-electron chi connectivity index (χ0n) is 15.5. The number of hydrogen-bond acceptors (Lipinski definition) is 5. The highest BCUT2D eigenvalue weighted by atomic mass is 16.3. The lowest BCUT2D eigenvalue weighted by Crippen LogP contribution is -2.32. The number of pyridine rings is 1. The van der Waals surface area contributed by atoms with Crippen molar-refractivity contribution in [2.45, 2.75) is 25.8 Å². The van der Waals surface area contributed by atoms with Gasteiger partial charge in [0.15, 0.2) is 11.5 Å². The molecule has 3 aromatic rings. The molecule has 0 aliphatic carbocycles. The van der Waals surface area contributed by atoms with E-state index in [1.54, 1.807) is 36.7 Å². The predicted molar refractivity (Wildman–Crippen MR) is 104 cm³/mol. The number of para-hydroxylation sites is 1. The van der Waals surface area contributed by atoms with Gasteiger partial charge in [0.05, 0.1) is 11.6 Å². The van der Waals surface area contributed by atoms with Crippen molar-refractivity contribution in [1.29, 1.82) is 0 Å². The molecule has 0 saturated carbocycles. The number of Topliss-reactive ketones (excluding diaryl/α,β-unsaturated/α-hetero) is 1. The summed E-state index contributed by atoms with van der Waals surface area (Å²) in [5, 5.41) is 11.4. The maximum absolute atomic E-state index is 13.3. The number of rotatable bonds is 6. The predicted octanol–water partition coefficient (Wildman–Crippen LogP) is 4.21. The molecule has 4 rings (SSSR count). The van der Waals surface area contributed by atoms with Gasteiger partial charge in [-0.1, -0.05) is 37.6 Å². The summed E-state index contributed by atoms with van der Waals surface area (Å²) in [4.78, 5) is 31.6. The first-order chi connectivity index (χ1) is 13.6. The molecular weight excluding hydrogens is 356 g/mol. The summed E-state index contributed by atoms with van der Waals surface area (Å²) in [6.45, 7) is 2.46. The summed E-state index contributed by atoms with van der Waals surface area (Å²) in [7, 11) is 0. The van der Waals surface area contributed by atoms with Crippen LogP contribution in [0.3, 0.4) is 0 Å². The lowest BCUT2D eigenvalue weighted by atomic mass is 9.96. The van der Waals surface area contributed by atoms with Crippen LogP contribution in [-0.2, 0) is 4.79 Å². The van der Waals surface area contributed by atoms with Crippen LogP contribution in [0.25, 0.3) is 11.0 Å². The normalized spacial score (nSPS) is 17.0. The number of aliphatic hydroxyl groups is 1. The third kappa shape index (κ3) is 2.97. The van der Waals surface area contributed by atoms with Crippen molar-refractivity contribution >= 4 is 22.7 Å². The monoisotopic (exact) mass is 376 g/mol. The minimum absolute atomic E-state index is 0.0353. The van der Waals surface area contributed by atoms with Crippen LogP contribution in [0.5, 0.6) is 0 Å². The van der Waals surface area contributed by atoms with E-state index in [9.17, 15) is 14.7 Å². The average Bonchev–Trinajstić information content (AvgIpc) is 3.26. The second kappa shape index (κ2) is 7.31. The minimum atomic E-state index is -0.687. The molecule has 0 bridgehead atoms. The Labute approximate surface area is 162 Å². The fourth-order valence-corrected chi connectivity index (χ4v) is 3.56. The zero-order chi connectivity index (χ0) is 19.7. The Morgan fingerprint density at radius 2 is 2.07 bits per heavy atom. The van der Waals surface area contributed by atoms with Gasteiger partial charge in [-0.15, -0.1) is 0 Å². The second-order valence-electron chi connectivity index (χ2n) is 6.78. The lowest BCUT2D eigenvalue weighted by Gasteiger charge is -2.26. The summed E-state index contributed by atoms with van der Waals surface area (Å²) in [5.74, 6) is -1.45. The summed E-state index contributed by atoms with van der Waals surface area (Å²) in [6.07, 6.45) is 4.89. The third-order valence-corrected chi connectivity index (χ3v) is 4.95. The van der Waals surface area contributed by atoms with Crippen molar-refractivity contribution in [2.75, 3.05) is 6.54 Å². The van der Waals surface area contributed by atoms with Crippen molar-refractivity contribution in [3.05, 3.63) is 77.5 Å². The fraction of sp³-hybridized carbons (Fsp3) is 0.227. The molecule has 28 heavy (non-hydrogen) atoms. The number of aliphatic hydroxyl groups excluding tert-OH is 1. The van der Waals surface area contributed by atoms with E-state index in [1.165, 1.54) is 4.90 Å². The summed E-state index contributed by atoms with van der Waals surface area (Å²) < 4.78 is 5.69. The standard InChI is InChI=1S/C22H20N2O4/c1-2-3-11-24-19(15-8-6-10-23-13-15)18(21(26)22(24)27)20(25)17-12-14-7-4-5-9-16(14)28-17/h4-10,12-13,19,26H,2-3,11H2,1H3. The first-order valence-corrected chi connectivity index (χ1v) is 9.29. The third-order valence-electron chi connectivity index (χ3n) is 4.95. The van der Waals surface area contributed by atoms with E-state index in [0.717, 1.165) is 18.2 Å². The van der Waals surface area contributed by atoms with Crippen LogP contribution in [0.15, 0.2) is 70.6 Å². The molecule has 142 valence electrons. The van der Waals surface area contributed by atoms with Crippen molar-refractivity contribution in [1.82, 2.24) is 9.88 Å². The molecular formula is C22H20N2O4. The molecule has 1 aromatic carbocycles. The van der Waals surface area contributed by atoms with Gasteiger partial charge in [0.25, 0.3) is 5.91 Å². The maximum Gasteiger partial charge on any atom is 0.290 e. The molecule has 6 nitrogen and oxygen atoms in total. The lowest BCUT2D eigenvalue weighted by molar-refractivity contribution is -0.129. The van der Waals surface area contributed by atoms with Crippen LogP contribution in [0.2, 0.25) is 0 Å². The number of carbonyl (C=O) groups is 2.